The lowest BCUT2D eigenvalue weighted by atomic mass is 10.1. The fraction of sp³-hybridized carbons (Fsp3) is 0.467. The Labute approximate surface area is 133 Å². The molecule has 1 aromatic carbocycles. The van der Waals surface area contributed by atoms with Gasteiger partial charge in [0.25, 0.3) is 5.91 Å². The van der Waals surface area contributed by atoms with E-state index in [-0.39, 0.29) is 6.61 Å². The van der Waals surface area contributed by atoms with Gasteiger partial charge in [-0.15, -0.1) is 23.2 Å². The molecule has 0 aromatic heterocycles. The molecule has 1 aromatic rings. The summed E-state index contributed by atoms with van der Waals surface area (Å²) in [6.45, 7) is 5.21. The van der Waals surface area contributed by atoms with Crippen LogP contribution in [0.3, 0.4) is 0 Å². The third-order valence-electron chi connectivity index (χ3n) is 3.83. The van der Waals surface area contributed by atoms with Crippen LogP contribution >= 0.6 is 23.2 Å². The third-order valence-corrected chi connectivity index (χ3v) is 4.93. The van der Waals surface area contributed by atoms with Crippen molar-refractivity contribution >= 4 is 40.8 Å². The van der Waals surface area contributed by atoms with Crippen LogP contribution in [-0.2, 0) is 14.3 Å². The molecular weight excluding hydrogens is 313 g/mol. The number of anilines is 1. The first kappa shape index (κ1) is 16.1. The first-order chi connectivity index (χ1) is 9.65. The Hall–Kier alpha value is -1.26. The van der Waals surface area contributed by atoms with E-state index in [1.165, 1.54) is 0 Å². The summed E-state index contributed by atoms with van der Waals surface area (Å²) in [5, 5.41) is 2.68. The van der Waals surface area contributed by atoms with E-state index in [1.54, 1.807) is 13.0 Å². The standard InChI is InChI=1S/C15H17Cl2NO3/c1-9-4-5-11(6-10(9)2)18-12(19)7-21-13(20)14(3)8-15(14,16)17/h4-6H,7-8H2,1-3H3,(H,18,19)/t14-/m0/s1. The van der Waals surface area contributed by atoms with Crippen molar-refractivity contribution in [3.05, 3.63) is 29.3 Å². The fourth-order valence-electron chi connectivity index (χ4n) is 1.93. The predicted octanol–water partition coefficient (Wildman–Crippen LogP) is 3.37. The molecule has 0 saturated heterocycles. The number of amides is 1. The average molecular weight is 330 g/mol. The molecule has 1 fully saturated rings. The van der Waals surface area contributed by atoms with Crippen molar-refractivity contribution < 1.29 is 14.3 Å². The van der Waals surface area contributed by atoms with E-state index in [0.717, 1.165) is 11.1 Å². The highest BCUT2D eigenvalue weighted by molar-refractivity contribution is 6.53. The van der Waals surface area contributed by atoms with Crippen LogP contribution in [0.4, 0.5) is 5.69 Å². The number of carbonyl (C=O) groups excluding carboxylic acids is 2. The first-order valence-corrected chi connectivity index (χ1v) is 7.33. The summed E-state index contributed by atoms with van der Waals surface area (Å²) >= 11 is 11.8. The monoisotopic (exact) mass is 329 g/mol. The Morgan fingerprint density at radius 3 is 2.43 bits per heavy atom. The van der Waals surface area contributed by atoms with Crippen molar-refractivity contribution in [2.75, 3.05) is 11.9 Å². The zero-order chi connectivity index (χ0) is 15.8. The number of carbonyl (C=O) groups is 2. The number of hydrogen-bond donors (Lipinski definition) is 1. The number of halogens is 2. The first-order valence-electron chi connectivity index (χ1n) is 6.58. The highest BCUT2D eigenvalue weighted by Gasteiger charge is 2.69. The van der Waals surface area contributed by atoms with Crippen molar-refractivity contribution in [3.8, 4) is 0 Å². The number of ether oxygens (including phenoxy) is 1. The van der Waals surface area contributed by atoms with Crippen LogP contribution in [0.5, 0.6) is 0 Å². The van der Waals surface area contributed by atoms with Crippen molar-refractivity contribution in [3.63, 3.8) is 0 Å². The molecule has 6 heteroatoms. The maximum absolute atomic E-state index is 11.8. The van der Waals surface area contributed by atoms with E-state index in [4.69, 9.17) is 27.9 Å². The van der Waals surface area contributed by atoms with Gasteiger partial charge in [-0.1, -0.05) is 6.07 Å². The maximum Gasteiger partial charge on any atom is 0.315 e. The summed E-state index contributed by atoms with van der Waals surface area (Å²) < 4.78 is 3.88. The van der Waals surface area contributed by atoms with Crippen LogP contribution in [0.25, 0.3) is 0 Å². The van der Waals surface area contributed by atoms with Gasteiger partial charge in [-0.25, -0.2) is 0 Å². The highest BCUT2D eigenvalue weighted by atomic mass is 35.5. The molecule has 114 valence electrons. The summed E-state index contributed by atoms with van der Waals surface area (Å²) in [4.78, 5) is 23.6. The van der Waals surface area contributed by atoms with Gasteiger partial charge >= 0.3 is 5.97 Å². The number of benzene rings is 1. The molecule has 0 heterocycles. The zero-order valence-electron chi connectivity index (χ0n) is 12.1. The molecule has 2 rings (SSSR count). The number of rotatable bonds is 4. The average Bonchev–Trinajstić information content (AvgIpc) is 2.91. The molecule has 1 N–H and O–H groups in total. The van der Waals surface area contributed by atoms with Gasteiger partial charge in [-0.2, -0.15) is 0 Å². The minimum atomic E-state index is -1.09. The number of alkyl halides is 2. The number of aryl methyl sites for hydroxylation is 2. The number of hydrogen-bond acceptors (Lipinski definition) is 3. The van der Waals surface area contributed by atoms with E-state index < -0.39 is 21.6 Å². The van der Waals surface area contributed by atoms with Gasteiger partial charge in [0.2, 0.25) is 0 Å². The Kier molecular flexibility index (Phi) is 4.22. The third kappa shape index (κ3) is 3.33. The molecule has 0 unspecified atom stereocenters. The molecular formula is C15H17Cl2NO3. The molecule has 1 atom stereocenters. The van der Waals surface area contributed by atoms with Crippen LogP contribution in [-0.4, -0.2) is 22.8 Å². The van der Waals surface area contributed by atoms with Gasteiger partial charge in [-0.05, 0) is 44.0 Å². The molecule has 0 aliphatic heterocycles. The lowest BCUT2D eigenvalue weighted by molar-refractivity contribution is -0.152. The summed E-state index contributed by atoms with van der Waals surface area (Å²) in [7, 11) is 0. The van der Waals surface area contributed by atoms with Crippen LogP contribution in [0.2, 0.25) is 0 Å². The molecule has 4 nitrogen and oxygen atoms in total. The van der Waals surface area contributed by atoms with Crippen LogP contribution in [0.15, 0.2) is 18.2 Å². The second-order valence-electron chi connectivity index (χ2n) is 5.64. The predicted molar refractivity (Wildman–Crippen MR) is 82.7 cm³/mol. The summed E-state index contributed by atoms with van der Waals surface area (Å²) in [5.74, 6) is -0.951. The van der Waals surface area contributed by atoms with E-state index >= 15 is 0 Å². The van der Waals surface area contributed by atoms with Gasteiger partial charge in [0, 0.05) is 12.1 Å². The van der Waals surface area contributed by atoms with Crippen molar-refractivity contribution in [2.24, 2.45) is 5.41 Å². The van der Waals surface area contributed by atoms with Gasteiger partial charge < -0.3 is 10.1 Å². The molecule has 21 heavy (non-hydrogen) atoms. The van der Waals surface area contributed by atoms with Gasteiger partial charge in [0.15, 0.2) is 6.61 Å². The summed E-state index contributed by atoms with van der Waals surface area (Å²) in [6.07, 6.45) is 0.334. The number of nitrogens with one attached hydrogen (secondary N) is 1. The number of esters is 1. The van der Waals surface area contributed by atoms with E-state index in [1.807, 2.05) is 26.0 Å². The smallest absolute Gasteiger partial charge is 0.315 e. The normalized spacial score (nSPS) is 22.5. The highest BCUT2D eigenvalue weighted by Crippen LogP contribution is 2.64. The van der Waals surface area contributed by atoms with E-state index in [9.17, 15) is 9.59 Å². The second-order valence-corrected chi connectivity index (χ2v) is 7.12. The minimum Gasteiger partial charge on any atom is -0.455 e. The molecule has 1 aliphatic carbocycles. The molecule has 1 amide bonds. The lowest BCUT2D eigenvalue weighted by Crippen LogP contribution is -2.26. The minimum absolute atomic E-state index is 0.334. The molecule has 1 saturated carbocycles. The van der Waals surface area contributed by atoms with Gasteiger partial charge in [0.05, 0.1) is 0 Å². The van der Waals surface area contributed by atoms with Crippen LogP contribution < -0.4 is 5.32 Å². The Bertz CT molecular complexity index is 601. The molecule has 0 radical (unpaired) electrons. The van der Waals surface area contributed by atoms with Gasteiger partial charge in [0.1, 0.15) is 9.75 Å². The molecule has 1 aliphatic rings. The van der Waals surface area contributed by atoms with E-state index in [2.05, 4.69) is 5.32 Å². The Morgan fingerprint density at radius 1 is 1.29 bits per heavy atom. The zero-order valence-corrected chi connectivity index (χ0v) is 13.6. The van der Waals surface area contributed by atoms with Crippen molar-refractivity contribution in [2.45, 2.75) is 31.5 Å². The van der Waals surface area contributed by atoms with Gasteiger partial charge in [-0.3, -0.25) is 9.59 Å². The maximum atomic E-state index is 11.8. The van der Waals surface area contributed by atoms with Crippen LogP contribution in [0.1, 0.15) is 24.5 Å². The lowest BCUT2D eigenvalue weighted by Gasteiger charge is -2.12. The quantitative estimate of drug-likeness (QED) is 0.680. The van der Waals surface area contributed by atoms with Crippen molar-refractivity contribution in [1.29, 1.82) is 0 Å². The van der Waals surface area contributed by atoms with E-state index in [0.29, 0.717) is 12.1 Å². The van der Waals surface area contributed by atoms with Crippen molar-refractivity contribution in [1.82, 2.24) is 0 Å². The molecule has 0 spiro atoms. The SMILES string of the molecule is Cc1ccc(NC(=O)COC(=O)[C@]2(C)CC2(Cl)Cl)cc1C. The Balaban J connectivity index is 1.85. The fourth-order valence-corrected chi connectivity index (χ4v) is 2.62. The second kappa shape index (κ2) is 5.50. The topological polar surface area (TPSA) is 55.4 Å². The largest absolute Gasteiger partial charge is 0.455 e. The summed E-state index contributed by atoms with van der Waals surface area (Å²) in [5.41, 5.74) is 1.96. The summed E-state index contributed by atoms with van der Waals surface area (Å²) in [6, 6.07) is 5.57. The van der Waals surface area contributed by atoms with Crippen LogP contribution in [0, 0.1) is 19.3 Å². The Morgan fingerprint density at radius 2 is 1.90 bits per heavy atom. The molecule has 0 bridgehead atoms.